The largest absolute Gasteiger partial charge is 0.348 e. The molecule has 4 rings (SSSR count). The summed E-state index contributed by atoms with van der Waals surface area (Å²) in [6, 6.07) is 20.1. The monoisotopic (exact) mass is 480 g/mol. The highest BCUT2D eigenvalue weighted by atomic mass is 35.5. The van der Waals surface area contributed by atoms with E-state index in [1.807, 2.05) is 42.0 Å². The van der Waals surface area contributed by atoms with Gasteiger partial charge in [0.25, 0.3) is 15.9 Å². The molecule has 0 saturated carbocycles. The molecule has 33 heavy (non-hydrogen) atoms. The lowest BCUT2D eigenvalue weighted by Crippen LogP contribution is -2.23. The summed E-state index contributed by atoms with van der Waals surface area (Å²) in [6.45, 7) is 2.21. The van der Waals surface area contributed by atoms with Crippen molar-refractivity contribution in [1.82, 2.24) is 14.9 Å². The molecule has 4 aromatic rings. The average molecular weight is 481 g/mol. The van der Waals surface area contributed by atoms with Gasteiger partial charge in [0.05, 0.1) is 21.3 Å². The van der Waals surface area contributed by atoms with Crippen molar-refractivity contribution in [2.45, 2.75) is 18.4 Å². The number of hydrogen-bond donors (Lipinski definition) is 2. The Morgan fingerprint density at radius 3 is 2.45 bits per heavy atom. The van der Waals surface area contributed by atoms with Crippen LogP contribution in [-0.4, -0.2) is 23.9 Å². The molecule has 0 aliphatic carbocycles. The molecule has 1 aromatic heterocycles. The first-order chi connectivity index (χ1) is 15.8. The van der Waals surface area contributed by atoms with Gasteiger partial charge >= 0.3 is 0 Å². The minimum atomic E-state index is -3.79. The van der Waals surface area contributed by atoms with Crippen molar-refractivity contribution in [3.05, 3.63) is 107 Å². The molecule has 0 bridgehead atoms. The maximum atomic E-state index is 12.7. The predicted molar refractivity (Wildman–Crippen MR) is 128 cm³/mol. The van der Waals surface area contributed by atoms with E-state index < -0.39 is 10.0 Å². The van der Waals surface area contributed by atoms with Crippen molar-refractivity contribution in [2.75, 3.05) is 4.72 Å². The molecule has 168 valence electrons. The van der Waals surface area contributed by atoms with Crippen LogP contribution in [0.25, 0.3) is 5.69 Å². The second-order valence-corrected chi connectivity index (χ2v) is 9.36. The number of para-hydroxylation sites is 1. The molecule has 0 aliphatic rings. The van der Waals surface area contributed by atoms with Crippen LogP contribution < -0.4 is 10.0 Å². The SMILES string of the molecule is Cc1nccn1-c1ccccc1CNC(=O)c1ccc(NS(=O)(=O)c2ccccc2)c(Cl)c1. The number of nitrogens with zero attached hydrogens (tertiary/aromatic N) is 2. The molecule has 9 heteroatoms. The smallest absolute Gasteiger partial charge is 0.261 e. The Kier molecular flexibility index (Phi) is 6.48. The number of amides is 1. The number of hydrogen-bond acceptors (Lipinski definition) is 4. The van der Waals surface area contributed by atoms with E-state index in [2.05, 4.69) is 15.0 Å². The van der Waals surface area contributed by atoms with E-state index in [1.54, 1.807) is 24.4 Å². The van der Waals surface area contributed by atoms with Crippen molar-refractivity contribution in [3.63, 3.8) is 0 Å². The van der Waals surface area contributed by atoms with E-state index in [0.717, 1.165) is 17.1 Å². The summed E-state index contributed by atoms with van der Waals surface area (Å²) in [5, 5.41) is 3.01. The number of rotatable bonds is 7. The lowest BCUT2D eigenvalue weighted by Gasteiger charge is -2.13. The second-order valence-electron chi connectivity index (χ2n) is 7.27. The van der Waals surface area contributed by atoms with Gasteiger partial charge in [0, 0.05) is 24.5 Å². The third-order valence-electron chi connectivity index (χ3n) is 5.05. The Morgan fingerprint density at radius 1 is 1.03 bits per heavy atom. The van der Waals surface area contributed by atoms with Crippen molar-refractivity contribution >= 4 is 33.2 Å². The number of anilines is 1. The summed E-state index contributed by atoms with van der Waals surface area (Å²) in [7, 11) is -3.79. The summed E-state index contributed by atoms with van der Waals surface area (Å²) < 4.78 is 29.5. The van der Waals surface area contributed by atoms with Gasteiger partial charge < -0.3 is 9.88 Å². The van der Waals surface area contributed by atoms with Crippen LogP contribution in [-0.2, 0) is 16.6 Å². The zero-order chi connectivity index (χ0) is 23.4. The van der Waals surface area contributed by atoms with Crippen LogP contribution in [0.15, 0.2) is 90.1 Å². The molecule has 0 saturated heterocycles. The van der Waals surface area contributed by atoms with Crippen LogP contribution in [0.1, 0.15) is 21.7 Å². The van der Waals surface area contributed by atoms with E-state index in [0.29, 0.717) is 12.1 Å². The molecule has 0 atom stereocenters. The van der Waals surface area contributed by atoms with Crippen LogP contribution in [0.3, 0.4) is 0 Å². The fourth-order valence-corrected chi connectivity index (χ4v) is 4.73. The lowest BCUT2D eigenvalue weighted by atomic mass is 10.1. The molecule has 7 nitrogen and oxygen atoms in total. The minimum absolute atomic E-state index is 0.120. The first kappa shape index (κ1) is 22.6. The van der Waals surface area contributed by atoms with Crippen LogP contribution in [0.4, 0.5) is 5.69 Å². The van der Waals surface area contributed by atoms with Gasteiger partial charge in [-0.2, -0.15) is 0 Å². The molecule has 0 fully saturated rings. The standard InChI is InChI=1S/C24H21ClN4O3S/c1-17-26-13-14-29(17)23-10-6-5-7-19(23)16-27-24(30)18-11-12-22(21(25)15-18)28-33(31,32)20-8-3-2-4-9-20/h2-15,28H,16H2,1H3,(H,27,30). The number of aromatic nitrogens is 2. The Labute approximate surface area is 197 Å². The molecule has 2 N–H and O–H groups in total. The number of nitrogens with one attached hydrogen (secondary N) is 2. The molecule has 0 unspecified atom stereocenters. The highest BCUT2D eigenvalue weighted by molar-refractivity contribution is 7.92. The number of halogens is 1. The number of sulfonamides is 1. The Morgan fingerprint density at radius 2 is 1.76 bits per heavy atom. The molecular formula is C24H21ClN4O3S. The summed E-state index contributed by atoms with van der Waals surface area (Å²) >= 11 is 6.28. The van der Waals surface area contributed by atoms with Gasteiger partial charge in [0.15, 0.2) is 0 Å². The number of benzene rings is 3. The van der Waals surface area contributed by atoms with Crippen LogP contribution in [0.5, 0.6) is 0 Å². The molecule has 0 spiro atoms. The molecule has 0 aliphatic heterocycles. The Hall–Kier alpha value is -3.62. The second kappa shape index (κ2) is 9.48. The van der Waals surface area contributed by atoms with Crippen LogP contribution >= 0.6 is 11.6 Å². The fraction of sp³-hybridized carbons (Fsp3) is 0.0833. The zero-order valence-corrected chi connectivity index (χ0v) is 19.3. The van der Waals surface area contributed by atoms with Gasteiger partial charge in [-0.15, -0.1) is 0 Å². The van der Waals surface area contributed by atoms with Gasteiger partial charge in [-0.3, -0.25) is 9.52 Å². The number of carbonyl (C=O) groups is 1. The molecule has 1 amide bonds. The van der Waals surface area contributed by atoms with Gasteiger partial charge in [0.2, 0.25) is 0 Å². The average Bonchev–Trinajstić information content (AvgIpc) is 3.25. The van der Waals surface area contributed by atoms with Crippen molar-refractivity contribution in [2.24, 2.45) is 0 Å². The van der Waals surface area contributed by atoms with Crippen LogP contribution in [0.2, 0.25) is 5.02 Å². The summed E-state index contributed by atoms with van der Waals surface area (Å²) in [5.41, 5.74) is 2.36. The Balaban J connectivity index is 1.47. The normalized spacial score (nSPS) is 11.2. The van der Waals surface area contributed by atoms with E-state index >= 15 is 0 Å². The van der Waals surface area contributed by atoms with Crippen LogP contribution in [0, 0.1) is 6.92 Å². The number of imidazole rings is 1. The molecule has 0 radical (unpaired) electrons. The highest BCUT2D eigenvalue weighted by Crippen LogP contribution is 2.26. The third-order valence-corrected chi connectivity index (χ3v) is 6.74. The maximum Gasteiger partial charge on any atom is 0.261 e. The van der Waals surface area contributed by atoms with Crippen molar-refractivity contribution in [3.8, 4) is 5.69 Å². The number of carbonyl (C=O) groups excluding carboxylic acids is 1. The van der Waals surface area contributed by atoms with Crippen molar-refractivity contribution in [1.29, 1.82) is 0 Å². The first-order valence-corrected chi connectivity index (χ1v) is 11.9. The maximum absolute atomic E-state index is 12.7. The van der Waals surface area contributed by atoms with E-state index in [1.165, 1.54) is 30.3 Å². The predicted octanol–water partition coefficient (Wildman–Crippen LogP) is 4.56. The topological polar surface area (TPSA) is 93.1 Å². The van der Waals surface area contributed by atoms with E-state index in [9.17, 15) is 13.2 Å². The quantitative estimate of drug-likeness (QED) is 0.405. The summed E-state index contributed by atoms with van der Waals surface area (Å²) in [4.78, 5) is 17.1. The molecular weight excluding hydrogens is 460 g/mol. The lowest BCUT2D eigenvalue weighted by molar-refractivity contribution is 0.0951. The Bertz CT molecular complexity index is 1400. The zero-order valence-electron chi connectivity index (χ0n) is 17.7. The third kappa shape index (κ3) is 5.08. The first-order valence-electron chi connectivity index (χ1n) is 10.1. The van der Waals surface area contributed by atoms with Crippen molar-refractivity contribution < 1.29 is 13.2 Å². The van der Waals surface area contributed by atoms with E-state index in [4.69, 9.17) is 11.6 Å². The van der Waals surface area contributed by atoms with E-state index in [-0.39, 0.29) is 21.5 Å². The molecule has 3 aromatic carbocycles. The van der Waals surface area contributed by atoms with Gasteiger partial charge in [-0.05, 0) is 48.9 Å². The highest BCUT2D eigenvalue weighted by Gasteiger charge is 2.17. The minimum Gasteiger partial charge on any atom is -0.348 e. The van der Waals surface area contributed by atoms with Gasteiger partial charge in [-0.25, -0.2) is 13.4 Å². The summed E-state index contributed by atoms with van der Waals surface area (Å²) in [6.07, 6.45) is 3.59. The van der Waals surface area contributed by atoms with Gasteiger partial charge in [-0.1, -0.05) is 48.0 Å². The number of aryl methyl sites for hydroxylation is 1. The fourth-order valence-electron chi connectivity index (χ4n) is 3.35. The van der Waals surface area contributed by atoms with Gasteiger partial charge in [0.1, 0.15) is 5.82 Å². The summed E-state index contributed by atoms with van der Waals surface area (Å²) in [5.74, 6) is 0.514. The molecule has 1 heterocycles.